The summed E-state index contributed by atoms with van der Waals surface area (Å²) in [6.45, 7) is 4.09. The average Bonchev–Trinajstić information content (AvgIpc) is 2.46. The van der Waals surface area contributed by atoms with E-state index < -0.39 is 6.10 Å². The molecule has 0 aliphatic carbocycles. The first-order valence-corrected chi connectivity index (χ1v) is 6.51. The number of rotatable bonds is 5. The molecule has 4 nitrogen and oxygen atoms in total. The Balaban J connectivity index is 2.07. The number of hydrogen-bond acceptors (Lipinski definition) is 4. The molecule has 20 heavy (non-hydrogen) atoms. The zero-order valence-electron chi connectivity index (χ0n) is 12.0. The fraction of sp³-hybridized carbons (Fsp3) is 0.312. The van der Waals surface area contributed by atoms with Crippen LogP contribution < -0.4 is 9.47 Å². The smallest absolute Gasteiger partial charge is 0.213 e. The van der Waals surface area contributed by atoms with Crippen LogP contribution in [0.25, 0.3) is 0 Å². The van der Waals surface area contributed by atoms with E-state index >= 15 is 0 Å². The molecule has 0 spiro atoms. The molecule has 1 aromatic carbocycles. The standard InChI is InChI=1S/C16H19NO3/c1-11-9-13(12(2)18)7-8-15(11)20-10-14-5-4-6-16(17-14)19-3/h4-9,12,18H,10H2,1-3H3. The lowest BCUT2D eigenvalue weighted by Crippen LogP contribution is -2.01. The number of pyridine rings is 1. The largest absolute Gasteiger partial charge is 0.487 e. The summed E-state index contributed by atoms with van der Waals surface area (Å²) in [5.74, 6) is 1.37. The lowest BCUT2D eigenvalue weighted by atomic mass is 10.1. The normalized spacial score (nSPS) is 12.0. The van der Waals surface area contributed by atoms with Gasteiger partial charge in [-0.1, -0.05) is 12.1 Å². The molecule has 0 amide bonds. The van der Waals surface area contributed by atoms with Crippen molar-refractivity contribution < 1.29 is 14.6 Å². The third kappa shape index (κ3) is 3.48. The Morgan fingerprint density at radius 3 is 2.70 bits per heavy atom. The Morgan fingerprint density at radius 1 is 1.25 bits per heavy atom. The third-order valence-corrected chi connectivity index (χ3v) is 3.05. The fourth-order valence-corrected chi connectivity index (χ4v) is 1.90. The molecule has 0 fully saturated rings. The zero-order valence-corrected chi connectivity index (χ0v) is 12.0. The molecule has 0 saturated heterocycles. The number of nitrogens with zero attached hydrogens (tertiary/aromatic N) is 1. The lowest BCUT2D eigenvalue weighted by molar-refractivity contribution is 0.199. The van der Waals surface area contributed by atoms with E-state index in [0.717, 1.165) is 22.6 Å². The van der Waals surface area contributed by atoms with Gasteiger partial charge in [-0.05, 0) is 43.2 Å². The van der Waals surface area contributed by atoms with Crippen LogP contribution in [0.3, 0.4) is 0 Å². The molecular formula is C16H19NO3. The van der Waals surface area contributed by atoms with Crippen LogP contribution in [0, 0.1) is 6.92 Å². The van der Waals surface area contributed by atoms with Crippen LogP contribution in [0.15, 0.2) is 36.4 Å². The third-order valence-electron chi connectivity index (χ3n) is 3.05. The van der Waals surface area contributed by atoms with Crippen molar-refractivity contribution in [3.05, 3.63) is 53.2 Å². The summed E-state index contributed by atoms with van der Waals surface area (Å²) in [5.41, 5.74) is 2.68. The van der Waals surface area contributed by atoms with Crippen LogP contribution in [-0.4, -0.2) is 17.2 Å². The molecule has 0 aliphatic heterocycles. The number of methoxy groups -OCH3 is 1. The average molecular weight is 273 g/mol. The molecule has 4 heteroatoms. The minimum Gasteiger partial charge on any atom is -0.487 e. The van der Waals surface area contributed by atoms with Crippen molar-refractivity contribution in [2.75, 3.05) is 7.11 Å². The first kappa shape index (κ1) is 14.3. The number of aromatic nitrogens is 1. The van der Waals surface area contributed by atoms with E-state index in [1.165, 1.54) is 0 Å². The van der Waals surface area contributed by atoms with Crippen molar-refractivity contribution in [2.24, 2.45) is 0 Å². The van der Waals surface area contributed by atoms with Crippen LogP contribution >= 0.6 is 0 Å². The van der Waals surface area contributed by atoms with Gasteiger partial charge in [0, 0.05) is 6.07 Å². The first-order valence-electron chi connectivity index (χ1n) is 6.51. The maximum atomic E-state index is 9.54. The maximum absolute atomic E-state index is 9.54. The molecule has 1 atom stereocenters. The lowest BCUT2D eigenvalue weighted by Gasteiger charge is -2.12. The van der Waals surface area contributed by atoms with Gasteiger partial charge in [-0.3, -0.25) is 0 Å². The molecule has 1 unspecified atom stereocenters. The van der Waals surface area contributed by atoms with Gasteiger partial charge in [0.1, 0.15) is 12.4 Å². The van der Waals surface area contributed by atoms with E-state index in [0.29, 0.717) is 12.5 Å². The van der Waals surface area contributed by atoms with Gasteiger partial charge in [0.05, 0.1) is 18.9 Å². The Labute approximate surface area is 119 Å². The molecule has 0 saturated carbocycles. The molecule has 0 aliphatic rings. The van der Waals surface area contributed by atoms with Gasteiger partial charge < -0.3 is 14.6 Å². The van der Waals surface area contributed by atoms with Crippen LogP contribution in [0.4, 0.5) is 0 Å². The zero-order chi connectivity index (χ0) is 14.5. The van der Waals surface area contributed by atoms with Crippen molar-refractivity contribution in [2.45, 2.75) is 26.6 Å². The van der Waals surface area contributed by atoms with E-state index in [4.69, 9.17) is 9.47 Å². The van der Waals surface area contributed by atoms with E-state index in [2.05, 4.69) is 4.98 Å². The quantitative estimate of drug-likeness (QED) is 0.909. The minimum atomic E-state index is -0.470. The number of aryl methyl sites for hydroxylation is 1. The SMILES string of the molecule is COc1cccc(COc2ccc(C(C)O)cc2C)n1. The second-order valence-corrected chi connectivity index (χ2v) is 4.66. The van der Waals surface area contributed by atoms with Crippen LogP contribution in [0.1, 0.15) is 29.8 Å². The summed E-state index contributed by atoms with van der Waals surface area (Å²) in [5, 5.41) is 9.54. The van der Waals surface area contributed by atoms with Crippen LogP contribution in [-0.2, 0) is 6.61 Å². The highest BCUT2D eigenvalue weighted by molar-refractivity contribution is 5.37. The van der Waals surface area contributed by atoms with E-state index in [1.54, 1.807) is 20.1 Å². The number of hydrogen-bond donors (Lipinski definition) is 1. The van der Waals surface area contributed by atoms with Crippen molar-refractivity contribution in [3.8, 4) is 11.6 Å². The van der Waals surface area contributed by atoms with Gasteiger partial charge in [-0.15, -0.1) is 0 Å². The summed E-state index contributed by atoms with van der Waals surface area (Å²) in [6, 6.07) is 11.2. The summed E-state index contributed by atoms with van der Waals surface area (Å²) in [6.07, 6.45) is -0.470. The number of benzene rings is 1. The molecule has 1 heterocycles. The first-order chi connectivity index (χ1) is 9.60. The Morgan fingerprint density at radius 2 is 2.05 bits per heavy atom. The second kappa shape index (κ2) is 6.39. The van der Waals surface area contributed by atoms with Gasteiger partial charge in [-0.25, -0.2) is 4.98 Å². The van der Waals surface area contributed by atoms with Crippen LogP contribution in [0.2, 0.25) is 0 Å². The van der Waals surface area contributed by atoms with Crippen LogP contribution in [0.5, 0.6) is 11.6 Å². The Kier molecular flexibility index (Phi) is 4.58. The van der Waals surface area contributed by atoms with Gasteiger partial charge in [0.2, 0.25) is 5.88 Å². The predicted molar refractivity (Wildman–Crippen MR) is 76.9 cm³/mol. The molecule has 0 bridgehead atoms. The molecule has 2 aromatic rings. The molecule has 1 aromatic heterocycles. The molecule has 2 rings (SSSR count). The van der Waals surface area contributed by atoms with Crippen molar-refractivity contribution in [3.63, 3.8) is 0 Å². The number of ether oxygens (including phenoxy) is 2. The van der Waals surface area contributed by atoms with Gasteiger partial charge in [0.15, 0.2) is 0 Å². The highest BCUT2D eigenvalue weighted by Gasteiger charge is 2.06. The fourth-order valence-electron chi connectivity index (χ4n) is 1.90. The van der Waals surface area contributed by atoms with Crippen molar-refractivity contribution in [1.29, 1.82) is 0 Å². The molecular weight excluding hydrogens is 254 g/mol. The summed E-state index contributed by atoms with van der Waals surface area (Å²) in [4.78, 5) is 4.29. The second-order valence-electron chi connectivity index (χ2n) is 4.66. The van der Waals surface area contributed by atoms with Gasteiger partial charge in [-0.2, -0.15) is 0 Å². The molecule has 0 radical (unpaired) electrons. The highest BCUT2D eigenvalue weighted by Crippen LogP contribution is 2.23. The Hall–Kier alpha value is -2.07. The van der Waals surface area contributed by atoms with Crippen molar-refractivity contribution in [1.82, 2.24) is 4.98 Å². The summed E-state index contributed by atoms with van der Waals surface area (Å²) in [7, 11) is 1.59. The monoisotopic (exact) mass is 273 g/mol. The summed E-state index contributed by atoms with van der Waals surface area (Å²) >= 11 is 0. The number of aliphatic hydroxyl groups is 1. The highest BCUT2D eigenvalue weighted by atomic mass is 16.5. The minimum absolute atomic E-state index is 0.381. The van der Waals surface area contributed by atoms with Gasteiger partial charge >= 0.3 is 0 Å². The topological polar surface area (TPSA) is 51.6 Å². The Bertz CT molecular complexity index is 582. The van der Waals surface area contributed by atoms with Crippen molar-refractivity contribution >= 4 is 0 Å². The predicted octanol–water partition coefficient (Wildman–Crippen LogP) is 3.03. The molecule has 1 N–H and O–H groups in total. The van der Waals surface area contributed by atoms with E-state index in [-0.39, 0.29) is 0 Å². The van der Waals surface area contributed by atoms with E-state index in [1.807, 2.05) is 37.3 Å². The number of aliphatic hydroxyl groups excluding tert-OH is 1. The maximum Gasteiger partial charge on any atom is 0.213 e. The summed E-state index contributed by atoms with van der Waals surface area (Å²) < 4.78 is 10.8. The molecule has 106 valence electrons. The van der Waals surface area contributed by atoms with E-state index in [9.17, 15) is 5.11 Å². The van der Waals surface area contributed by atoms with Gasteiger partial charge in [0.25, 0.3) is 0 Å².